The van der Waals surface area contributed by atoms with E-state index in [9.17, 15) is 10.1 Å². The third kappa shape index (κ3) is 2.53. The van der Waals surface area contributed by atoms with Crippen LogP contribution in [0.2, 0.25) is 0 Å². The minimum atomic E-state index is -0.402. The van der Waals surface area contributed by atoms with Crippen LogP contribution in [0.4, 0.5) is 5.69 Å². The number of rotatable bonds is 3. The standard InChI is InChI=1S/C16H13N3O2/c1-12-11-18(14-7-9-15(10-8-14)19(20)21)16(17-12)13-5-3-2-4-6-13/h2-11H,1H3. The van der Waals surface area contributed by atoms with Gasteiger partial charge in [-0.25, -0.2) is 4.98 Å². The highest BCUT2D eigenvalue weighted by molar-refractivity contribution is 5.59. The van der Waals surface area contributed by atoms with E-state index in [-0.39, 0.29) is 5.69 Å². The monoisotopic (exact) mass is 279 g/mol. The summed E-state index contributed by atoms with van der Waals surface area (Å²) in [5.41, 5.74) is 2.83. The highest BCUT2D eigenvalue weighted by atomic mass is 16.6. The summed E-state index contributed by atoms with van der Waals surface area (Å²) < 4.78 is 1.94. The van der Waals surface area contributed by atoms with Crippen molar-refractivity contribution in [2.45, 2.75) is 6.92 Å². The maximum atomic E-state index is 10.7. The Morgan fingerprint density at radius 2 is 1.71 bits per heavy atom. The molecule has 0 amide bonds. The maximum Gasteiger partial charge on any atom is 0.269 e. The summed E-state index contributed by atoms with van der Waals surface area (Å²) >= 11 is 0. The van der Waals surface area contributed by atoms with Crippen molar-refractivity contribution in [3.63, 3.8) is 0 Å². The molecule has 0 aliphatic carbocycles. The molecule has 0 aliphatic rings. The molecule has 1 heterocycles. The Morgan fingerprint density at radius 3 is 2.33 bits per heavy atom. The van der Waals surface area contributed by atoms with E-state index >= 15 is 0 Å². The Bertz CT molecular complexity index is 777. The van der Waals surface area contributed by atoms with E-state index < -0.39 is 4.92 Å². The normalized spacial score (nSPS) is 10.5. The summed E-state index contributed by atoms with van der Waals surface area (Å²) in [5.74, 6) is 0.821. The zero-order chi connectivity index (χ0) is 14.8. The van der Waals surface area contributed by atoms with Crippen LogP contribution in [0.25, 0.3) is 17.1 Å². The van der Waals surface area contributed by atoms with Crippen LogP contribution >= 0.6 is 0 Å². The molecule has 1 aromatic heterocycles. The lowest BCUT2D eigenvalue weighted by Crippen LogP contribution is -1.96. The molecule has 5 heteroatoms. The van der Waals surface area contributed by atoms with Crippen molar-refractivity contribution in [3.05, 3.63) is 76.6 Å². The van der Waals surface area contributed by atoms with E-state index in [1.54, 1.807) is 12.1 Å². The van der Waals surface area contributed by atoms with E-state index in [2.05, 4.69) is 4.98 Å². The molecule has 0 N–H and O–H groups in total. The van der Waals surface area contributed by atoms with Gasteiger partial charge in [-0.05, 0) is 19.1 Å². The molecular weight excluding hydrogens is 266 g/mol. The Morgan fingerprint density at radius 1 is 1.05 bits per heavy atom. The van der Waals surface area contributed by atoms with E-state index in [4.69, 9.17) is 0 Å². The molecular formula is C16H13N3O2. The average molecular weight is 279 g/mol. The molecule has 0 spiro atoms. The molecule has 0 radical (unpaired) electrons. The van der Waals surface area contributed by atoms with Gasteiger partial charge in [0, 0.05) is 29.6 Å². The molecule has 2 aromatic carbocycles. The lowest BCUT2D eigenvalue weighted by Gasteiger charge is -2.07. The zero-order valence-electron chi connectivity index (χ0n) is 11.4. The topological polar surface area (TPSA) is 61.0 Å². The van der Waals surface area contributed by atoms with Crippen molar-refractivity contribution in [3.8, 4) is 17.1 Å². The van der Waals surface area contributed by atoms with Crippen LogP contribution < -0.4 is 0 Å². The predicted octanol–water partition coefficient (Wildman–Crippen LogP) is 3.76. The number of non-ortho nitro benzene ring substituents is 1. The van der Waals surface area contributed by atoms with Gasteiger partial charge in [0.1, 0.15) is 5.82 Å². The van der Waals surface area contributed by atoms with Gasteiger partial charge in [-0.1, -0.05) is 30.3 Å². The first kappa shape index (κ1) is 13.1. The van der Waals surface area contributed by atoms with Gasteiger partial charge in [0.05, 0.1) is 10.6 Å². The lowest BCUT2D eigenvalue weighted by atomic mass is 10.2. The average Bonchev–Trinajstić information content (AvgIpc) is 2.90. The van der Waals surface area contributed by atoms with Crippen LogP contribution in [0.3, 0.4) is 0 Å². The third-order valence-electron chi connectivity index (χ3n) is 3.20. The molecule has 0 saturated heterocycles. The number of aromatic nitrogens is 2. The number of hydrogen-bond donors (Lipinski definition) is 0. The Labute approximate surface area is 121 Å². The Kier molecular flexibility index (Phi) is 3.23. The van der Waals surface area contributed by atoms with Crippen LogP contribution in [0.5, 0.6) is 0 Å². The zero-order valence-corrected chi connectivity index (χ0v) is 11.4. The summed E-state index contributed by atoms with van der Waals surface area (Å²) in [6, 6.07) is 16.3. The molecule has 21 heavy (non-hydrogen) atoms. The summed E-state index contributed by atoms with van der Waals surface area (Å²) in [5, 5.41) is 10.7. The highest BCUT2D eigenvalue weighted by Gasteiger charge is 2.11. The smallest absolute Gasteiger partial charge is 0.269 e. The summed E-state index contributed by atoms with van der Waals surface area (Å²) in [6.45, 7) is 1.92. The van der Waals surface area contributed by atoms with Crippen LogP contribution in [0.15, 0.2) is 60.8 Å². The highest BCUT2D eigenvalue weighted by Crippen LogP contribution is 2.24. The first-order valence-corrected chi connectivity index (χ1v) is 6.51. The molecule has 0 aliphatic heterocycles. The van der Waals surface area contributed by atoms with Crippen molar-refractivity contribution in [1.29, 1.82) is 0 Å². The molecule has 0 bridgehead atoms. The molecule has 0 fully saturated rings. The quantitative estimate of drug-likeness (QED) is 0.541. The molecule has 104 valence electrons. The molecule has 0 atom stereocenters. The van der Waals surface area contributed by atoms with E-state index in [0.29, 0.717) is 0 Å². The fourth-order valence-electron chi connectivity index (χ4n) is 2.22. The van der Waals surface area contributed by atoms with Crippen molar-refractivity contribution in [2.24, 2.45) is 0 Å². The number of aryl methyl sites for hydroxylation is 1. The second-order valence-electron chi connectivity index (χ2n) is 4.72. The van der Waals surface area contributed by atoms with E-state index in [1.807, 2.05) is 48.0 Å². The van der Waals surface area contributed by atoms with Crippen molar-refractivity contribution in [1.82, 2.24) is 9.55 Å². The minimum absolute atomic E-state index is 0.0804. The molecule has 5 nitrogen and oxygen atoms in total. The molecule has 3 rings (SSSR count). The second kappa shape index (κ2) is 5.20. The fraction of sp³-hybridized carbons (Fsp3) is 0.0625. The summed E-state index contributed by atoms with van der Waals surface area (Å²) in [7, 11) is 0. The van der Waals surface area contributed by atoms with Crippen LogP contribution in [-0.2, 0) is 0 Å². The maximum absolute atomic E-state index is 10.7. The number of benzene rings is 2. The summed E-state index contributed by atoms with van der Waals surface area (Å²) in [4.78, 5) is 14.9. The minimum Gasteiger partial charge on any atom is -0.300 e. The second-order valence-corrected chi connectivity index (χ2v) is 4.72. The summed E-state index contributed by atoms with van der Waals surface area (Å²) in [6.07, 6.45) is 1.92. The van der Waals surface area contributed by atoms with Crippen molar-refractivity contribution in [2.75, 3.05) is 0 Å². The third-order valence-corrected chi connectivity index (χ3v) is 3.20. The van der Waals surface area contributed by atoms with E-state index in [0.717, 1.165) is 22.8 Å². The molecule has 3 aromatic rings. The molecule has 0 unspecified atom stereocenters. The number of imidazole rings is 1. The number of nitro groups is 1. The van der Waals surface area contributed by atoms with Gasteiger partial charge in [-0.15, -0.1) is 0 Å². The Hall–Kier alpha value is -2.95. The van der Waals surface area contributed by atoms with Gasteiger partial charge in [0.2, 0.25) is 0 Å². The first-order chi connectivity index (χ1) is 10.1. The SMILES string of the molecule is Cc1cn(-c2ccc([N+](=O)[O-])cc2)c(-c2ccccc2)n1. The van der Waals surface area contributed by atoms with Crippen molar-refractivity contribution < 1.29 is 4.92 Å². The number of nitro benzene ring substituents is 1. The van der Waals surface area contributed by atoms with Gasteiger partial charge < -0.3 is 0 Å². The van der Waals surface area contributed by atoms with Gasteiger partial charge in [0.25, 0.3) is 5.69 Å². The van der Waals surface area contributed by atoms with Crippen LogP contribution in [0, 0.1) is 17.0 Å². The van der Waals surface area contributed by atoms with Gasteiger partial charge in [-0.2, -0.15) is 0 Å². The number of hydrogen-bond acceptors (Lipinski definition) is 3. The van der Waals surface area contributed by atoms with Gasteiger partial charge in [-0.3, -0.25) is 14.7 Å². The van der Waals surface area contributed by atoms with Crippen LogP contribution in [0.1, 0.15) is 5.69 Å². The molecule has 0 saturated carbocycles. The Balaban J connectivity index is 2.09. The van der Waals surface area contributed by atoms with Crippen LogP contribution in [-0.4, -0.2) is 14.5 Å². The van der Waals surface area contributed by atoms with Crippen molar-refractivity contribution >= 4 is 5.69 Å². The largest absolute Gasteiger partial charge is 0.300 e. The lowest BCUT2D eigenvalue weighted by molar-refractivity contribution is -0.384. The number of nitrogens with zero attached hydrogens (tertiary/aromatic N) is 3. The van der Waals surface area contributed by atoms with Gasteiger partial charge in [0.15, 0.2) is 0 Å². The fourth-order valence-corrected chi connectivity index (χ4v) is 2.22. The van der Waals surface area contributed by atoms with E-state index in [1.165, 1.54) is 12.1 Å². The first-order valence-electron chi connectivity index (χ1n) is 6.51. The van der Waals surface area contributed by atoms with Gasteiger partial charge >= 0.3 is 0 Å². The predicted molar refractivity (Wildman–Crippen MR) is 80.4 cm³/mol.